The molecule has 0 spiro atoms. The molecule has 0 bridgehead atoms. The predicted octanol–water partition coefficient (Wildman–Crippen LogP) is 2.71. The number of nitrogens with zero attached hydrogens (tertiary/aromatic N) is 2. The van der Waals surface area contributed by atoms with Crippen molar-refractivity contribution in [1.82, 2.24) is 10.3 Å². The van der Waals surface area contributed by atoms with Crippen LogP contribution in [0.3, 0.4) is 0 Å². The van der Waals surface area contributed by atoms with Gasteiger partial charge >= 0.3 is 0 Å². The van der Waals surface area contributed by atoms with Crippen LogP contribution in [0, 0.1) is 5.92 Å². The van der Waals surface area contributed by atoms with E-state index in [0.29, 0.717) is 12.0 Å². The average molecular weight is 298 g/mol. The lowest BCUT2D eigenvalue weighted by atomic mass is 10.1. The van der Waals surface area contributed by atoms with E-state index in [0.717, 1.165) is 49.1 Å². The van der Waals surface area contributed by atoms with Crippen LogP contribution in [0.4, 0.5) is 5.82 Å². The molecule has 112 valence electrons. The molecule has 1 aromatic rings. The zero-order chi connectivity index (χ0) is 14.5. The van der Waals surface area contributed by atoms with Crippen molar-refractivity contribution >= 4 is 17.4 Å². The Morgan fingerprint density at radius 2 is 2.35 bits per heavy atom. The average Bonchev–Trinajstić information content (AvgIpc) is 2.85. The van der Waals surface area contributed by atoms with Gasteiger partial charge in [0, 0.05) is 44.9 Å². The Bertz CT molecular complexity index is 439. The van der Waals surface area contributed by atoms with Gasteiger partial charge in [-0.1, -0.05) is 25.4 Å². The Labute approximate surface area is 126 Å². The van der Waals surface area contributed by atoms with Gasteiger partial charge in [0.1, 0.15) is 5.82 Å². The summed E-state index contributed by atoms with van der Waals surface area (Å²) < 4.78 is 5.23. The van der Waals surface area contributed by atoms with Crippen molar-refractivity contribution in [2.45, 2.75) is 32.9 Å². The highest BCUT2D eigenvalue weighted by molar-refractivity contribution is 6.33. The second-order valence-electron chi connectivity index (χ2n) is 5.74. The molecule has 4 nitrogen and oxygen atoms in total. The van der Waals surface area contributed by atoms with Gasteiger partial charge in [0.25, 0.3) is 0 Å². The van der Waals surface area contributed by atoms with Gasteiger partial charge < -0.3 is 15.0 Å². The third-order valence-electron chi connectivity index (χ3n) is 3.58. The Kier molecular flexibility index (Phi) is 5.64. The first kappa shape index (κ1) is 15.5. The minimum atomic E-state index is 0.460. The third-order valence-corrected chi connectivity index (χ3v) is 3.86. The summed E-state index contributed by atoms with van der Waals surface area (Å²) in [5.41, 5.74) is 1.13. The van der Waals surface area contributed by atoms with Gasteiger partial charge in [-0.3, -0.25) is 0 Å². The van der Waals surface area contributed by atoms with Crippen LogP contribution in [0.1, 0.15) is 25.8 Å². The molecule has 0 radical (unpaired) electrons. The first-order valence-electron chi connectivity index (χ1n) is 7.22. The van der Waals surface area contributed by atoms with Crippen LogP contribution in [-0.2, 0) is 11.3 Å². The molecule has 1 saturated heterocycles. The molecule has 5 heteroatoms. The van der Waals surface area contributed by atoms with Crippen LogP contribution in [-0.4, -0.2) is 37.8 Å². The van der Waals surface area contributed by atoms with Crippen molar-refractivity contribution in [2.75, 3.05) is 31.7 Å². The molecule has 1 unspecified atom stereocenters. The summed E-state index contributed by atoms with van der Waals surface area (Å²) >= 11 is 6.39. The molecule has 1 aromatic heterocycles. The molecule has 1 aliphatic rings. The smallest absolute Gasteiger partial charge is 0.147 e. The maximum atomic E-state index is 6.39. The summed E-state index contributed by atoms with van der Waals surface area (Å²) in [4.78, 5) is 6.80. The van der Waals surface area contributed by atoms with E-state index in [1.165, 1.54) is 0 Å². The van der Waals surface area contributed by atoms with Gasteiger partial charge in [-0.05, 0) is 18.1 Å². The van der Waals surface area contributed by atoms with Crippen molar-refractivity contribution in [1.29, 1.82) is 0 Å². The van der Waals surface area contributed by atoms with Crippen molar-refractivity contribution in [2.24, 2.45) is 5.92 Å². The van der Waals surface area contributed by atoms with Crippen molar-refractivity contribution in [3.63, 3.8) is 0 Å². The zero-order valence-corrected chi connectivity index (χ0v) is 13.3. The summed E-state index contributed by atoms with van der Waals surface area (Å²) in [6, 6.07) is 2.48. The van der Waals surface area contributed by atoms with E-state index < -0.39 is 0 Å². The molecular weight excluding hydrogens is 274 g/mol. The summed E-state index contributed by atoms with van der Waals surface area (Å²) in [7, 11) is 1.75. The fraction of sp³-hybridized carbons (Fsp3) is 0.667. The Balaban J connectivity index is 1.99. The molecule has 2 rings (SSSR count). The Hall–Kier alpha value is -0.840. The summed E-state index contributed by atoms with van der Waals surface area (Å²) in [6.45, 7) is 7.85. The van der Waals surface area contributed by atoms with Crippen LogP contribution >= 0.6 is 11.6 Å². The number of hydrogen-bond donors (Lipinski definition) is 1. The molecule has 0 amide bonds. The molecule has 1 fully saturated rings. The van der Waals surface area contributed by atoms with Gasteiger partial charge in [0.15, 0.2) is 0 Å². The van der Waals surface area contributed by atoms with E-state index >= 15 is 0 Å². The summed E-state index contributed by atoms with van der Waals surface area (Å²) in [5, 5.41) is 4.11. The van der Waals surface area contributed by atoms with E-state index in [1.807, 2.05) is 12.3 Å². The number of hydrogen-bond acceptors (Lipinski definition) is 4. The second kappa shape index (κ2) is 7.25. The first-order chi connectivity index (χ1) is 9.60. The van der Waals surface area contributed by atoms with E-state index in [1.54, 1.807) is 7.11 Å². The molecule has 1 atom stereocenters. The number of halogens is 1. The van der Waals surface area contributed by atoms with E-state index in [2.05, 4.69) is 29.0 Å². The van der Waals surface area contributed by atoms with E-state index in [4.69, 9.17) is 16.3 Å². The second-order valence-corrected chi connectivity index (χ2v) is 6.15. The molecule has 0 aliphatic carbocycles. The van der Waals surface area contributed by atoms with Crippen molar-refractivity contribution in [3.05, 3.63) is 22.8 Å². The maximum Gasteiger partial charge on any atom is 0.147 e. The van der Waals surface area contributed by atoms with Gasteiger partial charge in [0.05, 0.1) is 11.6 Å². The van der Waals surface area contributed by atoms with E-state index in [-0.39, 0.29) is 0 Å². The lowest BCUT2D eigenvalue weighted by Crippen LogP contribution is -2.24. The molecular formula is C15H24ClN3O. The normalized spacial score (nSPS) is 19.1. The number of ether oxygens (including phenoxy) is 1. The molecule has 0 aromatic carbocycles. The lowest BCUT2D eigenvalue weighted by Gasteiger charge is -2.19. The number of methoxy groups -OCH3 is 1. The minimum absolute atomic E-state index is 0.460. The summed E-state index contributed by atoms with van der Waals surface area (Å²) in [5.74, 6) is 1.48. The van der Waals surface area contributed by atoms with Crippen LogP contribution in [0.5, 0.6) is 0 Å². The highest BCUT2D eigenvalue weighted by Crippen LogP contribution is 2.29. The number of nitrogens with one attached hydrogen (secondary N) is 1. The molecule has 0 saturated carbocycles. The molecule has 2 heterocycles. The first-order valence-corrected chi connectivity index (χ1v) is 7.59. The SMILES string of the molecule is COCC1CCN(c2ncc(CNC(C)C)cc2Cl)C1. The Morgan fingerprint density at radius 1 is 1.55 bits per heavy atom. The van der Waals surface area contributed by atoms with Gasteiger partial charge in [-0.2, -0.15) is 0 Å². The van der Waals surface area contributed by atoms with Crippen molar-refractivity contribution < 1.29 is 4.74 Å². The highest BCUT2D eigenvalue weighted by atomic mass is 35.5. The van der Waals surface area contributed by atoms with Crippen LogP contribution in [0.25, 0.3) is 0 Å². The number of pyridine rings is 1. The standard InChI is InChI=1S/C15H24ClN3O/c1-11(2)17-7-13-6-14(16)15(18-8-13)19-5-4-12(9-19)10-20-3/h6,8,11-12,17H,4-5,7,9-10H2,1-3H3. The fourth-order valence-electron chi connectivity index (χ4n) is 2.52. The topological polar surface area (TPSA) is 37.4 Å². The van der Waals surface area contributed by atoms with Gasteiger partial charge in [0.2, 0.25) is 0 Å². The van der Waals surface area contributed by atoms with Crippen molar-refractivity contribution in [3.8, 4) is 0 Å². The largest absolute Gasteiger partial charge is 0.384 e. The molecule has 20 heavy (non-hydrogen) atoms. The minimum Gasteiger partial charge on any atom is -0.384 e. The number of aromatic nitrogens is 1. The van der Waals surface area contributed by atoms with Crippen LogP contribution in [0.2, 0.25) is 5.02 Å². The monoisotopic (exact) mass is 297 g/mol. The van der Waals surface area contributed by atoms with Gasteiger partial charge in [-0.25, -0.2) is 4.98 Å². The maximum absolute atomic E-state index is 6.39. The quantitative estimate of drug-likeness (QED) is 0.876. The van der Waals surface area contributed by atoms with Crippen LogP contribution in [0.15, 0.2) is 12.3 Å². The van der Waals surface area contributed by atoms with Gasteiger partial charge in [-0.15, -0.1) is 0 Å². The predicted molar refractivity (Wildman–Crippen MR) is 83.4 cm³/mol. The molecule has 1 aliphatic heterocycles. The number of anilines is 1. The fourth-order valence-corrected chi connectivity index (χ4v) is 2.83. The molecule has 1 N–H and O–H groups in total. The Morgan fingerprint density at radius 3 is 3.00 bits per heavy atom. The lowest BCUT2D eigenvalue weighted by molar-refractivity contribution is 0.161. The van der Waals surface area contributed by atoms with Crippen LogP contribution < -0.4 is 10.2 Å². The summed E-state index contributed by atoms with van der Waals surface area (Å²) in [6.07, 6.45) is 3.06. The zero-order valence-electron chi connectivity index (χ0n) is 12.5. The number of rotatable bonds is 6. The van der Waals surface area contributed by atoms with E-state index in [9.17, 15) is 0 Å². The third kappa shape index (κ3) is 4.08. The highest BCUT2D eigenvalue weighted by Gasteiger charge is 2.24.